The normalized spacial score (nSPS) is 26.1. The van der Waals surface area contributed by atoms with E-state index in [1.165, 1.54) is 19.3 Å². The molecular formula is C15H30N2O2. The highest BCUT2D eigenvalue weighted by atomic mass is 16.3. The predicted octanol–water partition coefficient (Wildman–Crippen LogP) is 1.92. The molecule has 4 nitrogen and oxygen atoms in total. The molecule has 1 rings (SSSR count). The van der Waals surface area contributed by atoms with Crippen LogP contribution >= 0.6 is 0 Å². The molecular weight excluding hydrogens is 240 g/mol. The first-order valence-electron chi connectivity index (χ1n) is 7.67. The second-order valence-electron chi connectivity index (χ2n) is 6.28. The number of amides is 1. The molecule has 0 aliphatic carbocycles. The Balaban J connectivity index is 2.23. The molecule has 0 aromatic carbocycles. The number of aliphatic hydroxyl groups is 1. The fourth-order valence-electron chi connectivity index (χ4n) is 2.75. The molecule has 2 N–H and O–H groups in total. The van der Waals surface area contributed by atoms with Gasteiger partial charge in [0.25, 0.3) is 0 Å². The number of rotatable bonds is 7. The average molecular weight is 270 g/mol. The molecule has 1 aliphatic heterocycles. The van der Waals surface area contributed by atoms with Crippen LogP contribution in [0.5, 0.6) is 0 Å². The molecule has 2 atom stereocenters. The summed E-state index contributed by atoms with van der Waals surface area (Å²) in [6.45, 7) is 8.03. The summed E-state index contributed by atoms with van der Waals surface area (Å²) >= 11 is 0. The molecule has 4 heteroatoms. The molecule has 112 valence electrons. The second kappa shape index (κ2) is 7.85. The lowest BCUT2D eigenvalue weighted by Crippen LogP contribution is -2.50. The Hall–Kier alpha value is -0.610. The van der Waals surface area contributed by atoms with Crippen molar-refractivity contribution in [2.24, 2.45) is 0 Å². The average Bonchev–Trinajstić information content (AvgIpc) is 2.27. The molecule has 1 amide bonds. The van der Waals surface area contributed by atoms with E-state index in [2.05, 4.69) is 24.1 Å². The molecule has 1 fully saturated rings. The topological polar surface area (TPSA) is 52.6 Å². The van der Waals surface area contributed by atoms with Gasteiger partial charge in [-0.3, -0.25) is 9.69 Å². The van der Waals surface area contributed by atoms with Crippen LogP contribution in [0.3, 0.4) is 0 Å². The van der Waals surface area contributed by atoms with Crippen molar-refractivity contribution in [1.29, 1.82) is 0 Å². The van der Waals surface area contributed by atoms with Gasteiger partial charge in [0.15, 0.2) is 0 Å². The molecule has 2 unspecified atom stereocenters. The maximum Gasteiger partial charge on any atom is 0.234 e. The Morgan fingerprint density at radius 2 is 2.21 bits per heavy atom. The predicted molar refractivity (Wildman–Crippen MR) is 78.0 cm³/mol. The largest absolute Gasteiger partial charge is 0.389 e. The maximum absolute atomic E-state index is 11.9. The Morgan fingerprint density at radius 3 is 2.84 bits per heavy atom. The standard InChI is InChI=1S/C15H30N2O2/c1-4-5-6-8-13(2)16-14(18)11-17-10-7-9-15(3,19)12-17/h13,19H,4-12H2,1-3H3,(H,16,18). The number of unbranched alkanes of at least 4 members (excludes halogenated alkanes) is 2. The molecule has 1 heterocycles. The number of β-amino-alcohol motifs (C(OH)–C–C–N with tert-alkyl or cyclic N) is 1. The minimum atomic E-state index is -0.634. The lowest BCUT2D eigenvalue weighted by atomic mass is 9.95. The number of nitrogens with one attached hydrogen (secondary N) is 1. The van der Waals surface area contributed by atoms with Gasteiger partial charge in [-0.25, -0.2) is 0 Å². The van der Waals surface area contributed by atoms with E-state index < -0.39 is 5.60 Å². The molecule has 19 heavy (non-hydrogen) atoms. The number of hydrogen-bond donors (Lipinski definition) is 2. The van der Waals surface area contributed by atoms with Gasteiger partial charge in [0.1, 0.15) is 0 Å². The van der Waals surface area contributed by atoms with Crippen LogP contribution in [0.25, 0.3) is 0 Å². The molecule has 0 bridgehead atoms. The van der Waals surface area contributed by atoms with E-state index in [0.29, 0.717) is 13.1 Å². The zero-order chi connectivity index (χ0) is 14.3. The van der Waals surface area contributed by atoms with Crippen LogP contribution in [-0.2, 0) is 4.79 Å². The van der Waals surface area contributed by atoms with Crippen LogP contribution in [0, 0.1) is 0 Å². The minimum absolute atomic E-state index is 0.0849. The van der Waals surface area contributed by atoms with Crippen molar-refractivity contribution in [3.05, 3.63) is 0 Å². The van der Waals surface area contributed by atoms with Gasteiger partial charge >= 0.3 is 0 Å². The van der Waals surface area contributed by atoms with Crippen LogP contribution in [0.15, 0.2) is 0 Å². The number of likely N-dealkylation sites (tertiary alicyclic amines) is 1. The molecule has 0 aromatic rings. The first-order chi connectivity index (χ1) is 8.93. The van der Waals surface area contributed by atoms with Crippen LogP contribution in [0.1, 0.15) is 59.3 Å². The fourth-order valence-corrected chi connectivity index (χ4v) is 2.75. The number of nitrogens with zero attached hydrogens (tertiary/aromatic N) is 1. The molecule has 1 saturated heterocycles. The highest BCUT2D eigenvalue weighted by molar-refractivity contribution is 5.78. The highest BCUT2D eigenvalue weighted by Crippen LogP contribution is 2.19. The third-order valence-electron chi connectivity index (χ3n) is 3.77. The van der Waals surface area contributed by atoms with Crippen molar-refractivity contribution in [3.8, 4) is 0 Å². The van der Waals surface area contributed by atoms with Crippen molar-refractivity contribution in [2.45, 2.75) is 70.9 Å². The molecule has 0 spiro atoms. The van der Waals surface area contributed by atoms with E-state index in [1.807, 2.05) is 6.92 Å². The first-order valence-corrected chi connectivity index (χ1v) is 7.67. The maximum atomic E-state index is 11.9. The number of carbonyl (C=O) groups excluding carboxylic acids is 1. The summed E-state index contributed by atoms with van der Waals surface area (Å²) in [5.41, 5.74) is -0.634. The van der Waals surface area contributed by atoms with E-state index in [0.717, 1.165) is 25.8 Å². The lowest BCUT2D eigenvalue weighted by Gasteiger charge is -2.36. The second-order valence-corrected chi connectivity index (χ2v) is 6.28. The monoisotopic (exact) mass is 270 g/mol. The third-order valence-corrected chi connectivity index (χ3v) is 3.77. The SMILES string of the molecule is CCCCCC(C)NC(=O)CN1CCCC(C)(O)C1. The van der Waals surface area contributed by atoms with Crippen LogP contribution in [0.2, 0.25) is 0 Å². The summed E-state index contributed by atoms with van der Waals surface area (Å²) in [5.74, 6) is 0.0849. The van der Waals surface area contributed by atoms with E-state index >= 15 is 0 Å². The quantitative estimate of drug-likeness (QED) is 0.695. The summed E-state index contributed by atoms with van der Waals surface area (Å²) in [4.78, 5) is 14.0. The third kappa shape index (κ3) is 6.92. The Bertz CT molecular complexity index is 279. The van der Waals surface area contributed by atoms with Gasteiger partial charge < -0.3 is 10.4 Å². The van der Waals surface area contributed by atoms with Crippen molar-refractivity contribution in [3.63, 3.8) is 0 Å². The smallest absolute Gasteiger partial charge is 0.234 e. The van der Waals surface area contributed by atoms with Gasteiger partial charge in [-0.15, -0.1) is 0 Å². The highest BCUT2D eigenvalue weighted by Gasteiger charge is 2.29. The van der Waals surface area contributed by atoms with Crippen LogP contribution in [-0.4, -0.2) is 47.2 Å². The summed E-state index contributed by atoms with van der Waals surface area (Å²) < 4.78 is 0. The molecule has 0 radical (unpaired) electrons. The fraction of sp³-hybridized carbons (Fsp3) is 0.933. The summed E-state index contributed by atoms with van der Waals surface area (Å²) in [7, 11) is 0. The van der Waals surface area contributed by atoms with Gasteiger partial charge in [0.05, 0.1) is 12.1 Å². The molecule has 1 aliphatic rings. The number of piperidine rings is 1. The van der Waals surface area contributed by atoms with Gasteiger partial charge in [0.2, 0.25) is 5.91 Å². The van der Waals surface area contributed by atoms with E-state index in [-0.39, 0.29) is 11.9 Å². The number of hydrogen-bond acceptors (Lipinski definition) is 3. The van der Waals surface area contributed by atoms with Gasteiger partial charge in [0, 0.05) is 12.6 Å². The Kier molecular flexibility index (Phi) is 6.80. The van der Waals surface area contributed by atoms with E-state index in [9.17, 15) is 9.90 Å². The Labute approximate surface area is 117 Å². The summed E-state index contributed by atoms with van der Waals surface area (Å²) in [5, 5.41) is 13.1. The number of carbonyl (C=O) groups is 1. The van der Waals surface area contributed by atoms with Gasteiger partial charge in [-0.1, -0.05) is 26.2 Å². The lowest BCUT2D eigenvalue weighted by molar-refractivity contribution is -0.124. The first kappa shape index (κ1) is 16.4. The van der Waals surface area contributed by atoms with Gasteiger partial charge in [-0.2, -0.15) is 0 Å². The van der Waals surface area contributed by atoms with E-state index in [1.54, 1.807) is 0 Å². The van der Waals surface area contributed by atoms with Crippen LogP contribution in [0.4, 0.5) is 0 Å². The van der Waals surface area contributed by atoms with Crippen molar-refractivity contribution in [2.75, 3.05) is 19.6 Å². The minimum Gasteiger partial charge on any atom is -0.389 e. The van der Waals surface area contributed by atoms with Crippen molar-refractivity contribution < 1.29 is 9.90 Å². The van der Waals surface area contributed by atoms with Crippen molar-refractivity contribution in [1.82, 2.24) is 10.2 Å². The summed E-state index contributed by atoms with van der Waals surface area (Å²) in [6.07, 6.45) is 6.47. The van der Waals surface area contributed by atoms with Crippen molar-refractivity contribution >= 4 is 5.91 Å². The van der Waals surface area contributed by atoms with Crippen LogP contribution < -0.4 is 5.32 Å². The Morgan fingerprint density at radius 1 is 1.47 bits per heavy atom. The zero-order valence-electron chi connectivity index (χ0n) is 12.7. The van der Waals surface area contributed by atoms with E-state index in [4.69, 9.17) is 0 Å². The summed E-state index contributed by atoms with van der Waals surface area (Å²) in [6, 6.07) is 0.254. The molecule has 0 aromatic heterocycles. The zero-order valence-corrected chi connectivity index (χ0v) is 12.7. The molecule has 0 saturated carbocycles. The van der Waals surface area contributed by atoms with Gasteiger partial charge in [-0.05, 0) is 39.7 Å².